The second-order valence-corrected chi connectivity index (χ2v) is 11.0. The molecule has 4 rings (SSSR count). The van der Waals surface area contributed by atoms with Crippen LogP contribution in [0.15, 0.2) is 18.5 Å². The molecule has 10 heteroatoms. The third-order valence-corrected chi connectivity index (χ3v) is 6.82. The van der Waals surface area contributed by atoms with Crippen molar-refractivity contribution in [1.82, 2.24) is 19.4 Å². The lowest BCUT2D eigenvalue weighted by atomic mass is 10.1. The number of pyridine rings is 1. The number of ether oxygens (including phenoxy) is 3. The highest BCUT2D eigenvalue weighted by Gasteiger charge is 2.42. The molecule has 2 amide bonds. The molecule has 198 valence electrons. The first-order chi connectivity index (χ1) is 17.1. The molecule has 2 aromatic heterocycles. The lowest BCUT2D eigenvalue weighted by molar-refractivity contribution is -0.152. The number of carbonyl (C=O) groups excluding carboxylic acids is 2. The summed E-state index contributed by atoms with van der Waals surface area (Å²) in [6.45, 7) is 9.79. The maximum absolute atomic E-state index is 13.7. The molecular formula is C26H37ClN4O5. The van der Waals surface area contributed by atoms with E-state index in [9.17, 15) is 9.59 Å². The third-order valence-electron chi connectivity index (χ3n) is 6.52. The van der Waals surface area contributed by atoms with Crippen molar-refractivity contribution in [2.45, 2.75) is 77.3 Å². The molecular weight excluding hydrogens is 484 g/mol. The van der Waals surface area contributed by atoms with Crippen molar-refractivity contribution in [2.75, 3.05) is 33.4 Å². The van der Waals surface area contributed by atoms with Crippen LogP contribution in [0.25, 0.3) is 10.9 Å². The van der Waals surface area contributed by atoms with Crippen LogP contribution in [0.1, 0.15) is 58.7 Å². The molecule has 0 N–H and O–H groups in total. The van der Waals surface area contributed by atoms with E-state index in [1.807, 2.05) is 44.9 Å². The highest BCUT2D eigenvalue weighted by molar-refractivity contribution is 6.35. The molecule has 3 heterocycles. The van der Waals surface area contributed by atoms with Crippen LogP contribution in [0.3, 0.4) is 0 Å². The number of hydrogen-bond acceptors (Lipinski definition) is 6. The average Bonchev–Trinajstić information content (AvgIpc) is 3.62. The van der Waals surface area contributed by atoms with Gasteiger partial charge >= 0.3 is 6.09 Å². The van der Waals surface area contributed by atoms with Gasteiger partial charge in [0.25, 0.3) is 5.91 Å². The molecule has 1 aliphatic heterocycles. The van der Waals surface area contributed by atoms with Crippen molar-refractivity contribution >= 4 is 34.5 Å². The van der Waals surface area contributed by atoms with Gasteiger partial charge in [0.15, 0.2) is 6.10 Å². The van der Waals surface area contributed by atoms with Crippen LogP contribution in [-0.2, 0) is 25.5 Å². The van der Waals surface area contributed by atoms with Gasteiger partial charge < -0.3 is 28.6 Å². The van der Waals surface area contributed by atoms with E-state index in [-0.39, 0.29) is 24.5 Å². The number of fused-ring (bicyclic) bond motifs is 1. The zero-order valence-electron chi connectivity index (χ0n) is 21.8. The van der Waals surface area contributed by atoms with E-state index in [2.05, 4.69) is 9.55 Å². The normalized spacial score (nSPS) is 19.4. The SMILES string of the molecule is COCCCn1cc(Cl)c2cnc(C(C)N(C(=O)[C@H]3CN(C(=O)OC(C)(C)C)CCO3)C3CC3)cc21. The van der Waals surface area contributed by atoms with Crippen LogP contribution in [0.2, 0.25) is 5.02 Å². The summed E-state index contributed by atoms with van der Waals surface area (Å²) in [7, 11) is 1.69. The van der Waals surface area contributed by atoms with Gasteiger partial charge in [-0.1, -0.05) is 11.6 Å². The summed E-state index contributed by atoms with van der Waals surface area (Å²) < 4.78 is 18.7. The number of methoxy groups -OCH3 is 1. The molecule has 9 nitrogen and oxygen atoms in total. The summed E-state index contributed by atoms with van der Waals surface area (Å²) in [5, 5.41) is 1.54. The largest absolute Gasteiger partial charge is 0.444 e. The summed E-state index contributed by atoms with van der Waals surface area (Å²) >= 11 is 6.46. The number of rotatable bonds is 8. The monoisotopic (exact) mass is 520 g/mol. The topological polar surface area (TPSA) is 86.1 Å². The molecule has 1 unspecified atom stereocenters. The maximum atomic E-state index is 13.7. The number of halogens is 1. The summed E-state index contributed by atoms with van der Waals surface area (Å²) in [6.07, 6.45) is 5.30. The van der Waals surface area contributed by atoms with E-state index in [0.29, 0.717) is 24.8 Å². The first kappa shape index (κ1) is 26.7. The van der Waals surface area contributed by atoms with Gasteiger partial charge in [-0.25, -0.2) is 4.79 Å². The van der Waals surface area contributed by atoms with E-state index in [0.717, 1.165) is 42.4 Å². The van der Waals surface area contributed by atoms with Gasteiger partial charge in [0.05, 0.1) is 35.4 Å². The molecule has 2 atom stereocenters. The first-order valence-corrected chi connectivity index (χ1v) is 13.0. The Hall–Kier alpha value is -2.36. The Kier molecular flexibility index (Phi) is 8.12. The highest BCUT2D eigenvalue weighted by Crippen LogP contribution is 2.36. The summed E-state index contributed by atoms with van der Waals surface area (Å²) in [6, 6.07) is 1.91. The zero-order chi connectivity index (χ0) is 26.0. The van der Waals surface area contributed by atoms with Crippen LogP contribution >= 0.6 is 11.6 Å². The molecule has 0 spiro atoms. The second kappa shape index (κ2) is 10.9. The lowest BCUT2D eigenvalue weighted by Crippen LogP contribution is -2.54. The molecule has 0 radical (unpaired) electrons. The van der Waals surface area contributed by atoms with Crippen molar-refractivity contribution in [2.24, 2.45) is 0 Å². The molecule has 36 heavy (non-hydrogen) atoms. The highest BCUT2D eigenvalue weighted by atomic mass is 35.5. The van der Waals surface area contributed by atoms with Gasteiger partial charge in [0.2, 0.25) is 0 Å². The quantitative estimate of drug-likeness (QED) is 0.479. The van der Waals surface area contributed by atoms with Crippen LogP contribution in [0.5, 0.6) is 0 Å². The van der Waals surface area contributed by atoms with Crippen LogP contribution in [0.4, 0.5) is 4.79 Å². The van der Waals surface area contributed by atoms with Gasteiger partial charge in [-0.05, 0) is 53.0 Å². The molecule has 1 aliphatic carbocycles. The average molecular weight is 521 g/mol. The fourth-order valence-corrected chi connectivity index (χ4v) is 4.85. The smallest absolute Gasteiger partial charge is 0.410 e. The second-order valence-electron chi connectivity index (χ2n) is 10.6. The molecule has 2 aliphatic rings. The minimum absolute atomic E-state index is 0.117. The fourth-order valence-electron chi connectivity index (χ4n) is 4.59. The number of hydrogen-bond donors (Lipinski definition) is 0. The van der Waals surface area contributed by atoms with Crippen molar-refractivity contribution < 1.29 is 23.8 Å². The van der Waals surface area contributed by atoms with Crippen molar-refractivity contribution in [3.05, 3.63) is 29.2 Å². The van der Waals surface area contributed by atoms with E-state index in [1.54, 1.807) is 18.2 Å². The molecule has 2 fully saturated rings. The number of amides is 2. The minimum atomic E-state index is -0.731. The number of aryl methyl sites for hydroxylation is 1. The summed E-state index contributed by atoms with van der Waals surface area (Å²) in [5.74, 6) is -0.117. The predicted molar refractivity (Wildman–Crippen MR) is 137 cm³/mol. The van der Waals surface area contributed by atoms with Crippen molar-refractivity contribution in [3.63, 3.8) is 0 Å². The van der Waals surface area contributed by atoms with Crippen LogP contribution < -0.4 is 0 Å². The number of morpholine rings is 1. The van der Waals surface area contributed by atoms with Crippen molar-refractivity contribution in [1.29, 1.82) is 0 Å². The fraction of sp³-hybridized carbons (Fsp3) is 0.654. The maximum Gasteiger partial charge on any atom is 0.410 e. The van der Waals surface area contributed by atoms with E-state index in [1.165, 1.54) is 0 Å². The van der Waals surface area contributed by atoms with Gasteiger partial charge in [-0.3, -0.25) is 9.78 Å². The molecule has 0 aromatic carbocycles. The molecule has 2 aromatic rings. The number of nitrogens with zero attached hydrogens (tertiary/aromatic N) is 4. The Bertz CT molecular complexity index is 1090. The zero-order valence-corrected chi connectivity index (χ0v) is 22.6. The van der Waals surface area contributed by atoms with E-state index >= 15 is 0 Å². The number of carbonyl (C=O) groups is 2. The van der Waals surface area contributed by atoms with Crippen LogP contribution in [0, 0.1) is 0 Å². The first-order valence-electron chi connectivity index (χ1n) is 12.6. The molecule has 1 saturated heterocycles. The lowest BCUT2D eigenvalue weighted by Gasteiger charge is -2.37. The van der Waals surface area contributed by atoms with E-state index < -0.39 is 17.8 Å². The van der Waals surface area contributed by atoms with Crippen molar-refractivity contribution in [3.8, 4) is 0 Å². The standard InChI is InChI=1S/C26H37ClN4O5/c1-17(21-13-22-19(14-28-21)20(27)15-29(22)9-6-11-34-5)31(18-7-8-18)24(32)23-16-30(10-12-35-23)25(33)36-26(2,3)4/h13-15,17-18,23H,6-12,16H2,1-5H3/t17?,23-/m1/s1. The summed E-state index contributed by atoms with van der Waals surface area (Å²) in [4.78, 5) is 34.4. The molecule has 1 saturated carbocycles. The Balaban J connectivity index is 1.53. The number of aromatic nitrogens is 2. The van der Waals surface area contributed by atoms with Gasteiger partial charge in [-0.15, -0.1) is 0 Å². The van der Waals surface area contributed by atoms with E-state index in [4.69, 9.17) is 25.8 Å². The van der Waals surface area contributed by atoms with Crippen LogP contribution in [-0.4, -0.2) is 82.5 Å². The minimum Gasteiger partial charge on any atom is -0.444 e. The van der Waals surface area contributed by atoms with Gasteiger partial charge in [0.1, 0.15) is 5.60 Å². The third kappa shape index (κ3) is 6.12. The molecule has 0 bridgehead atoms. The Labute approximate surface area is 217 Å². The summed E-state index contributed by atoms with van der Waals surface area (Å²) in [5.41, 5.74) is 1.18. The Morgan fingerprint density at radius 1 is 1.33 bits per heavy atom. The van der Waals surface area contributed by atoms with Gasteiger partial charge in [0, 0.05) is 50.6 Å². The Morgan fingerprint density at radius 3 is 2.75 bits per heavy atom. The Morgan fingerprint density at radius 2 is 2.08 bits per heavy atom. The van der Waals surface area contributed by atoms with Gasteiger partial charge in [-0.2, -0.15) is 0 Å². The predicted octanol–water partition coefficient (Wildman–Crippen LogP) is 4.41.